The van der Waals surface area contributed by atoms with Crippen molar-refractivity contribution in [2.45, 2.75) is 24.3 Å². The molecule has 2 aromatic rings. The van der Waals surface area contributed by atoms with Gasteiger partial charge in [0, 0.05) is 0 Å². The van der Waals surface area contributed by atoms with Crippen LogP contribution in [0.15, 0.2) is 45.9 Å². The summed E-state index contributed by atoms with van der Waals surface area (Å²) in [5.74, 6) is 1.36. The lowest BCUT2D eigenvalue weighted by Gasteiger charge is -2.17. The van der Waals surface area contributed by atoms with Crippen molar-refractivity contribution in [1.29, 1.82) is 0 Å². The van der Waals surface area contributed by atoms with E-state index in [0.29, 0.717) is 12.4 Å². The molecule has 20 heavy (non-hydrogen) atoms. The fourth-order valence-corrected chi connectivity index (χ4v) is 3.21. The third-order valence-electron chi connectivity index (χ3n) is 3.21. The minimum Gasteiger partial charge on any atom is -0.493 e. The fraction of sp³-hybridized carbons (Fsp3) is 0.286. The lowest BCUT2D eigenvalue weighted by molar-refractivity contribution is 0.288. The molecule has 0 atom stereocenters. The average molecular weight is 293 g/mol. The molecule has 0 radical (unpaired) electrons. The molecular weight excluding hydrogens is 278 g/mol. The molecule has 0 spiro atoms. The molecule has 2 heterocycles. The van der Waals surface area contributed by atoms with Gasteiger partial charge in [-0.25, -0.2) is 13.1 Å². The zero-order valence-corrected chi connectivity index (χ0v) is 11.7. The van der Waals surface area contributed by atoms with Gasteiger partial charge >= 0.3 is 0 Å². The number of furan rings is 1. The summed E-state index contributed by atoms with van der Waals surface area (Å²) in [5.41, 5.74) is 0.942. The van der Waals surface area contributed by atoms with Crippen LogP contribution in [-0.4, -0.2) is 15.0 Å². The topological polar surface area (TPSA) is 68.5 Å². The monoisotopic (exact) mass is 293 g/mol. The first-order valence-electron chi connectivity index (χ1n) is 6.43. The van der Waals surface area contributed by atoms with Gasteiger partial charge in [0.2, 0.25) is 10.0 Å². The molecular formula is C14H15NO4S. The Balaban J connectivity index is 1.80. The Kier molecular flexibility index (Phi) is 3.50. The summed E-state index contributed by atoms with van der Waals surface area (Å²) in [6.45, 7) is 0.832. The Morgan fingerprint density at radius 2 is 2.15 bits per heavy atom. The van der Waals surface area contributed by atoms with Gasteiger partial charge in [-0.05, 0) is 48.7 Å². The smallest absolute Gasteiger partial charge is 0.240 e. The van der Waals surface area contributed by atoms with Gasteiger partial charge in [0.1, 0.15) is 11.5 Å². The summed E-state index contributed by atoms with van der Waals surface area (Å²) in [5, 5.41) is 0. The van der Waals surface area contributed by atoms with Gasteiger partial charge in [-0.3, -0.25) is 0 Å². The van der Waals surface area contributed by atoms with Crippen molar-refractivity contribution in [2.75, 3.05) is 6.61 Å². The van der Waals surface area contributed by atoms with E-state index in [1.54, 1.807) is 30.3 Å². The summed E-state index contributed by atoms with van der Waals surface area (Å²) >= 11 is 0. The second-order valence-electron chi connectivity index (χ2n) is 4.63. The molecule has 3 rings (SSSR count). The third-order valence-corrected chi connectivity index (χ3v) is 4.61. The standard InChI is InChI=1S/C14H15NO4S/c16-20(17,15-10-12-4-2-7-18-12)13-5-6-14-11(9-13)3-1-8-19-14/h2,4-7,9,15H,1,3,8,10H2. The second kappa shape index (κ2) is 5.30. The maximum Gasteiger partial charge on any atom is 0.240 e. The van der Waals surface area contributed by atoms with Gasteiger partial charge in [-0.2, -0.15) is 0 Å². The first kappa shape index (κ1) is 13.2. The molecule has 1 aromatic heterocycles. The van der Waals surface area contributed by atoms with Crippen molar-refractivity contribution >= 4 is 10.0 Å². The van der Waals surface area contributed by atoms with Crippen LogP contribution in [0.5, 0.6) is 5.75 Å². The summed E-state index contributed by atoms with van der Waals surface area (Å²) in [4.78, 5) is 0.258. The third kappa shape index (κ3) is 2.71. The van der Waals surface area contributed by atoms with E-state index in [0.717, 1.165) is 24.2 Å². The summed E-state index contributed by atoms with van der Waals surface area (Å²) < 4.78 is 37.5. The molecule has 0 bridgehead atoms. The molecule has 1 aliphatic heterocycles. The number of hydrogen-bond donors (Lipinski definition) is 1. The molecule has 0 amide bonds. The van der Waals surface area contributed by atoms with E-state index in [-0.39, 0.29) is 11.4 Å². The highest BCUT2D eigenvalue weighted by atomic mass is 32.2. The molecule has 6 heteroatoms. The minimum atomic E-state index is -3.54. The predicted octanol–water partition coefficient (Wildman–Crippen LogP) is 2.08. The zero-order chi connectivity index (χ0) is 14.0. The predicted molar refractivity (Wildman–Crippen MR) is 73.0 cm³/mol. The van der Waals surface area contributed by atoms with Crippen LogP contribution in [0.1, 0.15) is 17.7 Å². The van der Waals surface area contributed by atoms with Gasteiger partial charge in [0.05, 0.1) is 24.3 Å². The molecule has 1 N–H and O–H groups in total. The minimum absolute atomic E-state index is 0.142. The number of rotatable bonds is 4. The van der Waals surface area contributed by atoms with Crippen LogP contribution in [0, 0.1) is 0 Å². The van der Waals surface area contributed by atoms with Crippen molar-refractivity contribution in [1.82, 2.24) is 4.72 Å². The van der Waals surface area contributed by atoms with Crippen LogP contribution < -0.4 is 9.46 Å². The average Bonchev–Trinajstić information content (AvgIpc) is 2.98. The molecule has 106 valence electrons. The van der Waals surface area contributed by atoms with Gasteiger partial charge in [-0.1, -0.05) is 0 Å². The van der Waals surface area contributed by atoms with Crippen molar-refractivity contribution in [3.05, 3.63) is 47.9 Å². The number of benzene rings is 1. The van der Waals surface area contributed by atoms with Gasteiger partial charge < -0.3 is 9.15 Å². The number of aryl methyl sites for hydroxylation is 1. The van der Waals surface area contributed by atoms with Crippen LogP contribution in [-0.2, 0) is 23.0 Å². The van der Waals surface area contributed by atoms with Crippen LogP contribution >= 0.6 is 0 Å². The molecule has 0 saturated heterocycles. The summed E-state index contributed by atoms with van der Waals surface area (Å²) in [7, 11) is -3.54. The Morgan fingerprint density at radius 1 is 1.25 bits per heavy atom. The van der Waals surface area contributed by atoms with E-state index in [1.165, 1.54) is 6.26 Å². The van der Waals surface area contributed by atoms with Gasteiger partial charge in [0.25, 0.3) is 0 Å². The summed E-state index contributed by atoms with van der Waals surface area (Å²) in [6.07, 6.45) is 3.27. The van der Waals surface area contributed by atoms with Crippen LogP contribution in [0.25, 0.3) is 0 Å². The lowest BCUT2D eigenvalue weighted by Crippen LogP contribution is -2.23. The quantitative estimate of drug-likeness (QED) is 0.937. The summed E-state index contributed by atoms with van der Waals surface area (Å²) in [6, 6.07) is 8.41. The van der Waals surface area contributed by atoms with E-state index in [2.05, 4.69) is 4.72 Å². The molecule has 0 aliphatic carbocycles. The number of sulfonamides is 1. The first-order chi connectivity index (χ1) is 9.65. The highest BCUT2D eigenvalue weighted by molar-refractivity contribution is 7.89. The van der Waals surface area contributed by atoms with E-state index < -0.39 is 10.0 Å². The second-order valence-corrected chi connectivity index (χ2v) is 6.39. The van der Waals surface area contributed by atoms with Gasteiger partial charge in [0.15, 0.2) is 0 Å². The Bertz CT molecular complexity index is 692. The van der Waals surface area contributed by atoms with E-state index in [9.17, 15) is 8.42 Å². The SMILES string of the molecule is O=S(=O)(NCc1ccco1)c1ccc2c(c1)CCCO2. The number of fused-ring (bicyclic) bond motifs is 1. The van der Waals surface area contributed by atoms with Crippen molar-refractivity contribution in [3.8, 4) is 5.75 Å². The van der Waals surface area contributed by atoms with Crippen molar-refractivity contribution in [3.63, 3.8) is 0 Å². The fourth-order valence-electron chi connectivity index (χ4n) is 2.17. The maximum absolute atomic E-state index is 12.2. The van der Waals surface area contributed by atoms with Crippen LogP contribution in [0.2, 0.25) is 0 Å². The van der Waals surface area contributed by atoms with Crippen molar-refractivity contribution < 1.29 is 17.6 Å². The van der Waals surface area contributed by atoms with Crippen LogP contribution in [0.3, 0.4) is 0 Å². The molecule has 0 fully saturated rings. The Morgan fingerprint density at radius 3 is 2.95 bits per heavy atom. The van der Waals surface area contributed by atoms with Gasteiger partial charge in [-0.15, -0.1) is 0 Å². The first-order valence-corrected chi connectivity index (χ1v) is 7.91. The van der Waals surface area contributed by atoms with Crippen molar-refractivity contribution in [2.24, 2.45) is 0 Å². The highest BCUT2D eigenvalue weighted by Gasteiger charge is 2.18. The Labute approximate surface area is 117 Å². The van der Waals surface area contributed by atoms with E-state index in [1.807, 2.05) is 0 Å². The largest absolute Gasteiger partial charge is 0.493 e. The molecule has 0 saturated carbocycles. The van der Waals surface area contributed by atoms with Crippen LogP contribution in [0.4, 0.5) is 0 Å². The Hall–Kier alpha value is -1.79. The normalized spacial score (nSPS) is 14.6. The highest BCUT2D eigenvalue weighted by Crippen LogP contribution is 2.27. The molecule has 1 aliphatic rings. The maximum atomic E-state index is 12.2. The van der Waals surface area contributed by atoms with E-state index >= 15 is 0 Å². The molecule has 5 nitrogen and oxygen atoms in total. The lowest BCUT2D eigenvalue weighted by atomic mass is 10.1. The van der Waals surface area contributed by atoms with E-state index in [4.69, 9.17) is 9.15 Å². The number of hydrogen-bond acceptors (Lipinski definition) is 4. The zero-order valence-electron chi connectivity index (χ0n) is 10.8. The number of nitrogens with one attached hydrogen (secondary N) is 1. The molecule has 1 aromatic carbocycles. The molecule has 0 unspecified atom stereocenters. The number of ether oxygens (including phenoxy) is 1.